The monoisotopic (exact) mass is 660 g/mol. The molecule has 3 N–H and O–H groups in total. The van der Waals surface area contributed by atoms with Gasteiger partial charge in [-0.3, -0.25) is 34.0 Å². The number of nitrogens with one attached hydrogen (secondary N) is 3. The number of rotatable bonds is 10. The number of alkyl carbamates (subject to hydrolysis) is 1. The van der Waals surface area contributed by atoms with E-state index in [4.69, 9.17) is 18.9 Å². The van der Waals surface area contributed by atoms with Crippen LogP contribution in [0.5, 0.6) is 5.75 Å². The second-order valence-electron chi connectivity index (χ2n) is 12.4. The highest BCUT2D eigenvalue weighted by atomic mass is 16.7. The first-order valence-corrected chi connectivity index (χ1v) is 15.1. The lowest BCUT2D eigenvalue weighted by atomic mass is 9.76. The first-order valence-electron chi connectivity index (χ1n) is 15.1. The smallest absolute Gasteiger partial charge is 0.407 e. The Morgan fingerprint density at radius 3 is 2.38 bits per heavy atom. The maximum atomic E-state index is 14.4. The van der Waals surface area contributed by atoms with Gasteiger partial charge in [0.15, 0.2) is 5.79 Å². The summed E-state index contributed by atoms with van der Waals surface area (Å²) in [4.78, 5) is 79.9. The van der Waals surface area contributed by atoms with Crippen molar-refractivity contribution in [1.29, 1.82) is 0 Å². The average molecular weight is 661 g/mol. The van der Waals surface area contributed by atoms with E-state index in [1.54, 1.807) is 20.8 Å². The van der Waals surface area contributed by atoms with E-state index in [9.17, 15) is 34.1 Å². The third-order valence-corrected chi connectivity index (χ3v) is 8.04. The number of nitro benzene ring substituents is 1. The molecule has 1 aliphatic heterocycles. The van der Waals surface area contributed by atoms with Gasteiger partial charge in [0.25, 0.3) is 11.2 Å². The molecule has 2 aliphatic rings. The van der Waals surface area contributed by atoms with E-state index < -0.39 is 57.6 Å². The number of nitrogens with zero attached hydrogens (tertiary/aromatic N) is 3. The minimum Gasteiger partial charge on any atom is -0.494 e. The topological polar surface area (TPSA) is 213 Å². The molecule has 1 aromatic carbocycles. The summed E-state index contributed by atoms with van der Waals surface area (Å²) < 4.78 is 23.4. The largest absolute Gasteiger partial charge is 0.494 e. The van der Waals surface area contributed by atoms with Gasteiger partial charge >= 0.3 is 11.8 Å². The Hall–Kier alpha value is -4.77. The van der Waals surface area contributed by atoms with Crippen LogP contribution in [0.2, 0.25) is 0 Å². The molecule has 1 saturated heterocycles. The molecule has 0 atom stereocenters. The molecule has 2 fully saturated rings. The van der Waals surface area contributed by atoms with Gasteiger partial charge in [-0.25, -0.2) is 9.59 Å². The number of aromatic nitrogens is 2. The SMILES string of the molecule is COc1cc([N+](=O)[O-])ccc1NC(=O)C1(N(CCNC(=O)OC(C)(C)C)C(=O)Cn2cc(C)c(=O)[nH]c2=O)CCC2(CC1)OCCO2. The number of aromatic amines is 1. The molecule has 2 aromatic rings. The second kappa shape index (κ2) is 13.9. The Morgan fingerprint density at radius 2 is 1.79 bits per heavy atom. The van der Waals surface area contributed by atoms with E-state index in [0.29, 0.717) is 13.2 Å². The summed E-state index contributed by atoms with van der Waals surface area (Å²) in [5.74, 6) is -2.20. The van der Waals surface area contributed by atoms with Gasteiger partial charge in [-0.15, -0.1) is 0 Å². The highest BCUT2D eigenvalue weighted by molar-refractivity contribution is 6.01. The standard InChI is InChI=1S/C30H40N6O11/c1-19-17-34(26(40)33-24(19)38)18-23(37)35(13-12-31-27(41)47-28(2,3)4)29(8-10-30(11-9-29)45-14-15-46-30)25(39)32-21-7-6-20(36(42)43)16-22(21)44-5/h6-7,16-17H,8-15,18H2,1-5H3,(H,31,41)(H,32,39)(H,33,38,40). The van der Waals surface area contributed by atoms with E-state index >= 15 is 0 Å². The molecule has 0 bridgehead atoms. The Balaban J connectivity index is 1.73. The molecule has 17 heteroatoms. The number of aryl methyl sites for hydroxylation is 1. The van der Waals surface area contributed by atoms with Gasteiger partial charge in [0.2, 0.25) is 11.8 Å². The summed E-state index contributed by atoms with van der Waals surface area (Å²) in [6, 6.07) is 3.70. The first-order chi connectivity index (χ1) is 22.1. The van der Waals surface area contributed by atoms with Crippen LogP contribution in [0.3, 0.4) is 0 Å². The molecular weight excluding hydrogens is 620 g/mol. The van der Waals surface area contributed by atoms with Crippen LogP contribution >= 0.6 is 0 Å². The van der Waals surface area contributed by atoms with Gasteiger partial charge in [0.1, 0.15) is 23.4 Å². The van der Waals surface area contributed by atoms with Crippen LogP contribution < -0.4 is 26.6 Å². The van der Waals surface area contributed by atoms with Crippen LogP contribution in [-0.4, -0.2) is 87.6 Å². The third kappa shape index (κ3) is 8.15. The summed E-state index contributed by atoms with van der Waals surface area (Å²) in [6.07, 6.45) is 1.11. The van der Waals surface area contributed by atoms with E-state index in [0.717, 1.165) is 10.6 Å². The minimum absolute atomic E-state index is 0.0252. The number of carbonyl (C=O) groups excluding carboxylic acids is 3. The molecule has 47 heavy (non-hydrogen) atoms. The fourth-order valence-electron chi connectivity index (χ4n) is 5.71. The van der Waals surface area contributed by atoms with Gasteiger partial charge in [-0.05, 0) is 46.6 Å². The van der Waals surface area contributed by atoms with Crippen LogP contribution in [-0.2, 0) is 30.3 Å². The molecular formula is C30H40N6O11. The molecule has 4 rings (SSSR count). The van der Waals surface area contributed by atoms with Gasteiger partial charge in [0, 0.05) is 43.8 Å². The Kier molecular flexibility index (Phi) is 10.4. The zero-order chi connectivity index (χ0) is 34.6. The number of anilines is 1. The van der Waals surface area contributed by atoms with E-state index in [2.05, 4.69) is 15.6 Å². The predicted octanol–water partition coefficient (Wildman–Crippen LogP) is 1.81. The maximum Gasteiger partial charge on any atom is 0.407 e. The van der Waals surface area contributed by atoms with Crippen LogP contribution in [0.15, 0.2) is 34.0 Å². The van der Waals surface area contributed by atoms with Crippen molar-refractivity contribution in [3.05, 3.63) is 60.9 Å². The van der Waals surface area contributed by atoms with Gasteiger partial charge in [0.05, 0.1) is 37.0 Å². The van der Waals surface area contributed by atoms with Crippen LogP contribution in [0.1, 0.15) is 52.0 Å². The fraction of sp³-hybridized carbons (Fsp3) is 0.567. The Morgan fingerprint density at radius 1 is 1.13 bits per heavy atom. The molecule has 1 spiro atoms. The van der Waals surface area contributed by atoms with Crippen LogP contribution in [0.4, 0.5) is 16.2 Å². The Bertz CT molecular complexity index is 1630. The van der Waals surface area contributed by atoms with Crippen molar-refractivity contribution in [3.63, 3.8) is 0 Å². The molecule has 256 valence electrons. The third-order valence-electron chi connectivity index (χ3n) is 8.04. The fourth-order valence-corrected chi connectivity index (χ4v) is 5.71. The summed E-state index contributed by atoms with van der Waals surface area (Å²) in [5.41, 5.74) is -3.69. The predicted molar refractivity (Wildman–Crippen MR) is 166 cm³/mol. The average Bonchev–Trinajstić information content (AvgIpc) is 3.46. The molecule has 17 nitrogen and oxygen atoms in total. The Labute approximate surface area is 269 Å². The zero-order valence-corrected chi connectivity index (χ0v) is 27.0. The van der Waals surface area contributed by atoms with Gasteiger partial charge in [-0.2, -0.15) is 0 Å². The summed E-state index contributed by atoms with van der Waals surface area (Å²) in [7, 11) is 1.30. The van der Waals surface area contributed by atoms with Crippen molar-refractivity contribution < 1.29 is 38.3 Å². The van der Waals surface area contributed by atoms with Crippen molar-refractivity contribution in [2.24, 2.45) is 0 Å². The summed E-state index contributed by atoms with van der Waals surface area (Å²) >= 11 is 0. The molecule has 1 aromatic heterocycles. The highest BCUT2D eigenvalue weighted by Crippen LogP contribution is 2.44. The number of H-pyrrole nitrogens is 1. The van der Waals surface area contributed by atoms with Gasteiger partial charge in [-0.1, -0.05) is 0 Å². The number of non-ortho nitro benzene ring substituents is 1. The van der Waals surface area contributed by atoms with E-state index in [1.165, 1.54) is 37.3 Å². The zero-order valence-electron chi connectivity index (χ0n) is 27.0. The number of hydrogen-bond acceptors (Lipinski definition) is 11. The molecule has 1 saturated carbocycles. The van der Waals surface area contributed by atoms with Gasteiger partial charge < -0.3 is 34.5 Å². The first kappa shape index (κ1) is 35.1. The number of carbonyl (C=O) groups is 3. The number of methoxy groups -OCH3 is 1. The number of hydrogen-bond donors (Lipinski definition) is 3. The van der Waals surface area contributed by atoms with E-state index in [-0.39, 0.29) is 61.5 Å². The van der Waals surface area contributed by atoms with Crippen molar-refractivity contribution >= 4 is 29.3 Å². The van der Waals surface area contributed by atoms with E-state index in [1.807, 2.05) is 0 Å². The number of ether oxygens (including phenoxy) is 4. The number of benzene rings is 1. The van der Waals surface area contributed by atoms with Crippen molar-refractivity contribution in [1.82, 2.24) is 19.8 Å². The number of amides is 3. The summed E-state index contributed by atoms with van der Waals surface area (Å²) in [6.45, 7) is 6.50. The molecule has 1 aliphatic carbocycles. The number of nitro groups is 1. The van der Waals surface area contributed by atoms with Crippen LogP contribution in [0, 0.1) is 17.0 Å². The molecule has 0 radical (unpaired) electrons. The quantitative estimate of drug-likeness (QED) is 0.247. The van der Waals surface area contributed by atoms with Crippen molar-refractivity contribution in [3.8, 4) is 5.75 Å². The normalized spacial score (nSPS) is 16.7. The maximum absolute atomic E-state index is 14.4. The van der Waals surface area contributed by atoms with Crippen LogP contribution in [0.25, 0.3) is 0 Å². The second-order valence-corrected chi connectivity index (χ2v) is 12.4. The highest BCUT2D eigenvalue weighted by Gasteiger charge is 2.54. The molecule has 0 unspecified atom stereocenters. The molecule has 3 amide bonds. The van der Waals surface area contributed by atoms with Crippen molar-refractivity contribution in [2.75, 3.05) is 38.7 Å². The lowest BCUT2D eigenvalue weighted by molar-refractivity contribution is -0.384. The lowest BCUT2D eigenvalue weighted by Crippen LogP contribution is -2.64. The minimum atomic E-state index is -1.57. The molecule has 2 heterocycles. The summed E-state index contributed by atoms with van der Waals surface area (Å²) in [5, 5.41) is 16.7. The lowest BCUT2D eigenvalue weighted by Gasteiger charge is -2.48. The van der Waals surface area contributed by atoms with Crippen molar-refractivity contribution in [2.45, 2.75) is 76.9 Å².